The van der Waals surface area contributed by atoms with E-state index in [1.54, 1.807) is 13.2 Å². The molecule has 8 nitrogen and oxygen atoms in total. The number of anilines is 1. The van der Waals surface area contributed by atoms with Crippen molar-refractivity contribution >= 4 is 11.6 Å². The maximum Gasteiger partial charge on any atom is 0.256 e. The van der Waals surface area contributed by atoms with Crippen LogP contribution in [0.2, 0.25) is 0 Å². The fraction of sp³-hybridized carbons (Fsp3) is 0.640. The van der Waals surface area contributed by atoms with Crippen LogP contribution in [0.4, 0.5) is 5.69 Å². The zero-order chi connectivity index (χ0) is 22.9. The second-order valence-electron chi connectivity index (χ2n) is 9.32. The maximum absolute atomic E-state index is 13.7. The van der Waals surface area contributed by atoms with Crippen molar-refractivity contribution in [1.29, 1.82) is 0 Å². The Morgan fingerprint density at radius 2 is 1.76 bits per heavy atom. The van der Waals surface area contributed by atoms with Gasteiger partial charge in [0.25, 0.3) is 5.91 Å². The van der Waals surface area contributed by atoms with Crippen LogP contribution in [-0.2, 0) is 14.2 Å². The lowest BCUT2D eigenvalue weighted by atomic mass is 10.1. The summed E-state index contributed by atoms with van der Waals surface area (Å²) in [6.07, 6.45) is 5.69. The van der Waals surface area contributed by atoms with E-state index in [1.807, 2.05) is 22.9 Å². The molecule has 180 valence electrons. The molecule has 4 atom stereocenters. The molecule has 5 rings (SSSR count). The van der Waals surface area contributed by atoms with E-state index < -0.39 is 0 Å². The van der Waals surface area contributed by atoms with Crippen molar-refractivity contribution in [2.24, 2.45) is 0 Å². The minimum atomic E-state index is -0.357. The fourth-order valence-corrected chi connectivity index (χ4v) is 5.22. The van der Waals surface area contributed by atoms with Crippen LogP contribution < -0.4 is 14.4 Å². The van der Waals surface area contributed by atoms with E-state index in [2.05, 4.69) is 6.58 Å². The van der Waals surface area contributed by atoms with Crippen LogP contribution in [0, 0.1) is 0 Å². The van der Waals surface area contributed by atoms with E-state index >= 15 is 0 Å². The minimum absolute atomic E-state index is 0.0464. The number of benzene rings is 1. The van der Waals surface area contributed by atoms with Gasteiger partial charge in [0.05, 0.1) is 31.0 Å². The Bertz CT molecular complexity index is 893. The molecule has 4 aliphatic heterocycles. The summed E-state index contributed by atoms with van der Waals surface area (Å²) in [6.45, 7) is 6.08. The van der Waals surface area contributed by atoms with Crippen molar-refractivity contribution in [1.82, 2.24) is 4.90 Å². The van der Waals surface area contributed by atoms with Crippen molar-refractivity contribution < 1.29 is 28.5 Å². The monoisotopic (exact) mass is 458 g/mol. The molecule has 3 saturated heterocycles. The zero-order valence-electron chi connectivity index (χ0n) is 19.6. The summed E-state index contributed by atoms with van der Waals surface area (Å²) < 4.78 is 30.0. The largest absolute Gasteiger partial charge is 0.493 e. The molecule has 0 N–H and O–H groups in total. The molecule has 4 heterocycles. The summed E-state index contributed by atoms with van der Waals surface area (Å²) >= 11 is 0. The first kappa shape index (κ1) is 22.5. The Hall–Kier alpha value is -2.29. The molecule has 1 amide bonds. The van der Waals surface area contributed by atoms with E-state index in [-0.39, 0.29) is 30.8 Å². The Morgan fingerprint density at radius 1 is 1.03 bits per heavy atom. The molecule has 0 bridgehead atoms. The summed E-state index contributed by atoms with van der Waals surface area (Å²) in [5.74, 6) is 1.05. The van der Waals surface area contributed by atoms with Gasteiger partial charge in [-0.05, 0) is 44.6 Å². The molecule has 0 radical (unpaired) electrons. The minimum Gasteiger partial charge on any atom is -0.493 e. The number of fused-ring (bicyclic) bond motifs is 2. The highest BCUT2D eigenvalue weighted by Crippen LogP contribution is 2.42. The number of nitrogens with zero attached hydrogens (tertiary/aromatic N) is 2. The normalized spacial score (nSPS) is 30.0. The van der Waals surface area contributed by atoms with E-state index in [4.69, 9.17) is 23.7 Å². The van der Waals surface area contributed by atoms with Crippen LogP contribution in [0.1, 0.15) is 55.3 Å². The lowest BCUT2D eigenvalue weighted by Crippen LogP contribution is -2.50. The van der Waals surface area contributed by atoms with Crippen LogP contribution in [0.15, 0.2) is 24.3 Å². The third-order valence-electron chi connectivity index (χ3n) is 6.98. The topological polar surface area (TPSA) is 69.7 Å². The molecule has 3 fully saturated rings. The van der Waals surface area contributed by atoms with Gasteiger partial charge in [-0.25, -0.2) is 0 Å². The van der Waals surface area contributed by atoms with Gasteiger partial charge < -0.3 is 33.5 Å². The van der Waals surface area contributed by atoms with Gasteiger partial charge in [-0.1, -0.05) is 12.2 Å². The number of hydrogen-bond acceptors (Lipinski definition) is 7. The molecule has 0 aliphatic carbocycles. The van der Waals surface area contributed by atoms with E-state index in [0.29, 0.717) is 43.2 Å². The molecule has 33 heavy (non-hydrogen) atoms. The third kappa shape index (κ3) is 4.44. The molecule has 1 aromatic carbocycles. The van der Waals surface area contributed by atoms with Gasteiger partial charge in [0.2, 0.25) is 0 Å². The van der Waals surface area contributed by atoms with Crippen LogP contribution in [-0.4, -0.2) is 69.6 Å². The molecule has 1 aromatic rings. The number of methoxy groups -OCH3 is 1. The summed E-state index contributed by atoms with van der Waals surface area (Å²) in [7, 11) is 3.56. The first-order chi connectivity index (χ1) is 16.0. The highest BCUT2D eigenvalue weighted by Gasteiger charge is 2.45. The predicted octanol–water partition coefficient (Wildman–Crippen LogP) is 3.69. The number of rotatable bonds is 5. The molecule has 0 saturated carbocycles. The lowest BCUT2D eigenvalue weighted by Gasteiger charge is -2.38. The number of hydrogen-bond donors (Lipinski definition) is 0. The summed E-state index contributed by atoms with van der Waals surface area (Å²) in [5.41, 5.74) is 2.36. The number of likely N-dealkylation sites (N-methyl/N-ethyl adjacent to an activating group) is 1. The van der Waals surface area contributed by atoms with Gasteiger partial charge in [0, 0.05) is 32.7 Å². The van der Waals surface area contributed by atoms with Crippen LogP contribution in [0.5, 0.6) is 11.5 Å². The standard InChI is InChI=1S/C25H34N2O6/c1-16-12-19-25(33-23-9-5-7-11-31-23)26(2)18-14-21(32-22-8-4-6-10-30-22)20(29-3)13-17(18)24(28)27(19)15-16/h13-14,19,22-23,25H,1,4-12,15H2,2-3H3/t19-,22?,23?,25-/m0/s1. The highest BCUT2D eigenvalue weighted by atomic mass is 16.7. The Balaban J connectivity index is 1.51. The van der Waals surface area contributed by atoms with Crippen molar-refractivity contribution in [2.75, 3.05) is 38.8 Å². The fourth-order valence-electron chi connectivity index (χ4n) is 5.22. The third-order valence-corrected chi connectivity index (χ3v) is 6.98. The molecule has 0 aromatic heterocycles. The Labute approximate surface area is 195 Å². The van der Waals surface area contributed by atoms with Gasteiger partial charge in [-0.3, -0.25) is 4.79 Å². The van der Waals surface area contributed by atoms with Gasteiger partial charge in [0.15, 0.2) is 30.3 Å². The Morgan fingerprint density at radius 3 is 2.42 bits per heavy atom. The van der Waals surface area contributed by atoms with Crippen LogP contribution in [0.3, 0.4) is 0 Å². The first-order valence-electron chi connectivity index (χ1n) is 12.0. The van der Waals surface area contributed by atoms with E-state index in [9.17, 15) is 4.79 Å². The number of carbonyl (C=O) groups excluding carboxylic acids is 1. The van der Waals surface area contributed by atoms with Gasteiger partial charge in [-0.15, -0.1) is 0 Å². The average Bonchev–Trinajstić information content (AvgIpc) is 3.21. The highest BCUT2D eigenvalue weighted by molar-refractivity contribution is 6.02. The summed E-state index contributed by atoms with van der Waals surface area (Å²) in [5, 5.41) is 0. The summed E-state index contributed by atoms with van der Waals surface area (Å²) in [6, 6.07) is 3.54. The van der Waals surface area contributed by atoms with E-state index in [1.165, 1.54) is 0 Å². The summed E-state index contributed by atoms with van der Waals surface area (Å²) in [4.78, 5) is 17.6. The number of ether oxygens (including phenoxy) is 5. The quantitative estimate of drug-likeness (QED) is 0.624. The van der Waals surface area contributed by atoms with Crippen molar-refractivity contribution in [2.45, 2.75) is 69.8 Å². The predicted molar refractivity (Wildman–Crippen MR) is 123 cm³/mol. The smallest absolute Gasteiger partial charge is 0.256 e. The van der Waals surface area contributed by atoms with Crippen molar-refractivity contribution in [3.8, 4) is 11.5 Å². The Kier molecular flexibility index (Phi) is 6.49. The number of carbonyl (C=O) groups is 1. The second kappa shape index (κ2) is 9.52. The van der Waals surface area contributed by atoms with Gasteiger partial charge >= 0.3 is 0 Å². The lowest BCUT2D eigenvalue weighted by molar-refractivity contribution is -0.195. The zero-order valence-corrected chi connectivity index (χ0v) is 19.6. The van der Waals surface area contributed by atoms with Crippen LogP contribution >= 0.6 is 0 Å². The molecular formula is C25H34N2O6. The molecule has 0 spiro atoms. The van der Waals surface area contributed by atoms with Crippen molar-refractivity contribution in [3.05, 3.63) is 29.8 Å². The molecular weight excluding hydrogens is 424 g/mol. The van der Waals surface area contributed by atoms with Crippen LogP contribution in [0.25, 0.3) is 0 Å². The SMILES string of the molecule is C=C1C[C@H]2[C@H](OC3CCCCO3)N(C)c3cc(OC4CCCCO4)c(OC)cc3C(=O)N2C1. The van der Waals surface area contributed by atoms with E-state index in [0.717, 1.165) is 49.8 Å². The first-order valence-corrected chi connectivity index (χ1v) is 12.0. The maximum atomic E-state index is 13.7. The molecule has 8 heteroatoms. The molecule has 2 unspecified atom stereocenters. The second-order valence-corrected chi connectivity index (χ2v) is 9.32. The van der Waals surface area contributed by atoms with Gasteiger partial charge in [-0.2, -0.15) is 0 Å². The van der Waals surface area contributed by atoms with Crippen molar-refractivity contribution in [3.63, 3.8) is 0 Å². The molecule has 4 aliphatic rings. The number of amides is 1. The van der Waals surface area contributed by atoms with Gasteiger partial charge in [0.1, 0.15) is 0 Å². The average molecular weight is 459 g/mol.